The molecule has 0 fully saturated rings. The van der Waals surface area contributed by atoms with E-state index in [0.717, 1.165) is 17.1 Å². The molecule has 0 N–H and O–H groups in total. The van der Waals surface area contributed by atoms with Crippen LogP contribution >= 0.6 is 11.3 Å². The first-order valence-corrected chi connectivity index (χ1v) is 26.6. The summed E-state index contributed by atoms with van der Waals surface area (Å²) in [5.74, 6) is 0. The van der Waals surface area contributed by atoms with Gasteiger partial charge >= 0.3 is 0 Å². The first kappa shape index (κ1) is 41.5. The first-order chi connectivity index (χ1) is 36.7. The van der Waals surface area contributed by atoms with Gasteiger partial charge in [-0.3, -0.25) is 0 Å². The summed E-state index contributed by atoms with van der Waals surface area (Å²) in [5, 5.41) is 0. The fourth-order valence-corrected chi connectivity index (χ4v) is 15.4. The number of hydrogen-bond donors (Lipinski definition) is 0. The fraction of sp³-hybridized carbons (Fsp3) is 0.0278. The van der Waals surface area contributed by atoms with E-state index in [1.165, 1.54) is 121 Å². The topological polar surface area (TPSA) is 3.24 Å². The van der Waals surface area contributed by atoms with Crippen LogP contribution in [0.2, 0.25) is 0 Å². The van der Waals surface area contributed by atoms with Crippen molar-refractivity contribution >= 4 is 28.4 Å². The lowest BCUT2D eigenvalue weighted by Crippen LogP contribution is -2.27. The number of thiophene rings is 1. The van der Waals surface area contributed by atoms with Gasteiger partial charge in [0, 0.05) is 32.4 Å². The molecular weight excluding hydrogens is 911 g/mol. The van der Waals surface area contributed by atoms with Crippen LogP contribution in [0.25, 0.3) is 76.5 Å². The maximum absolute atomic E-state index is 2.49. The zero-order valence-corrected chi connectivity index (χ0v) is 41.2. The molecular formula is C72H45NS. The van der Waals surface area contributed by atoms with Gasteiger partial charge in [0.05, 0.1) is 10.8 Å². The maximum Gasteiger partial charge on any atom is 0.0746 e. The quantitative estimate of drug-likeness (QED) is 0.161. The molecule has 1 heterocycles. The van der Waals surface area contributed by atoms with Crippen molar-refractivity contribution in [2.45, 2.75) is 10.8 Å². The van der Waals surface area contributed by atoms with Crippen LogP contribution in [0.4, 0.5) is 17.1 Å². The molecule has 0 bridgehead atoms. The SMILES string of the molecule is c1ccc(-c2sc(-c3ccccc3)c3c2-c2ccccc2C32c3ccccc3-c3cccc(-c4ccc(N(c5ccccc5)c5ccc6c(c5)C5(c7ccccc7-c7ccccc75)c5ccccc5-6)cc4)c32)cc1. The molecule has 0 saturated carbocycles. The van der Waals surface area contributed by atoms with Crippen LogP contribution < -0.4 is 4.90 Å². The molecule has 0 radical (unpaired) electrons. The summed E-state index contributed by atoms with van der Waals surface area (Å²) >= 11 is 1.94. The monoisotopic (exact) mass is 955 g/mol. The van der Waals surface area contributed by atoms with Gasteiger partial charge in [-0.15, -0.1) is 11.3 Å². The lowest BCUT2D eigenvalue weighted by Gasteiger charge is -2.33. The molecule has 1 nitrogen and oxygen atoms in total. The van der Waals surface area contributed by atoms with E-state index >= 15 is 0 Å². The molecule has 74 heavy (non-hydrogen) atoms. The van der Waals surface area contributed by atoms with Gasteiger partial charge in [-0.25, -0.2) is 0 Å². The Hall–Kier alpha value is -9.08. The molecule has 1 unspecified atom stereocenters. The molecule has 0 aliphatic heterocycles. The van der Waals surface area contributed by atoms with E-state index in [0.29, 0.717) is 0 Å². The standard InChI is InChI=1S/C72H45NS/c1-4-21-47(22-5-1)69-66-59-31-14-19-38-64(59)72(68(66)70(74-69)48-23-6-2-7-24-48)63-37-18-13-30-56(63)58-33-20-32-52(67(58)72)46-39-41-50(42-40-46)73(49-25-8-3-9-26-49)51-43-44-57-55-29-12-17-36-62(55)71(65(57)45-51)60-34-15-10-27-53(60)54-28-11-16-35-61(54)71/h1-45H. The molecule has 16 rings (SSSR count). The smallest absolute Gasteiger partial charge is 0.0746 e. The molecule has 11 aromatic carbocycles. The van der Waals surface area contributed by atoms with Gasteiger partial charge in [0.15, 0.2) is 0 Å². The average molecular weight is 956 g/mol. The Bertz CT molecular complexity index is 4180. The highest BCUT2D eigenvalue weighted by Crippen LogP contribution is 2.69. The second-order valence-corrected chi connectivity index (χ2v) is 21.2. The normalized spacial score (nSPS) is 15.2. The van der Waals surface area contributed by atoms with Crippen LogP contribution in [0.1, 0.15) is 44.5 Å². The summed E-state index contributed by atoms with van der Waals surface area (Å²) in [7, 11) is 0. The zero-order valence-electron chi connectivity index (χ0n) is 40.3. The molecule has 4 aliphatic rings. The van der Waals surface area contributed by atoms with Crippen molar-refractivity contribution in [3.8, 4) is 76.5 Å². The third-order valence-electron chi connectivity index (χ3n) is 16.7. The Balaban J connectivity index is 0.898. The van der Waals surface area contributed by atoms with Crippen LogP contribution in [-0.2, 0) is 10.8 Å². The molecule has 344 valence electrons. The fourth-order valence-electron chi connectivity index (χ4n) is 14.0. The van der Waals surface area contributed by atoms with E-state index in [1.807, 2.05) is 11.3 Å². The third-order valence-corrected chi connectivity index (χ3v) is 18.0. The molecule has 1 aromatic heterocycles. The van der Waals surface area contributed by atoms with E-state index in [4.69, 9.17) is 0 Å². The Labute approximate surface area is 435 Å². The van der Waals surface area contributed by atoms with Gasteiger partial charge in [-0.05, 0) is 142 Å². The number of rotatable bonds is 6. The largest absolute Gasteiger partial charge is 0.310 e. The van der Waals surface area contributed by atoms with Gasteiger partial charge in [0.25, 0.3) is 0 Å². The van der Waals surface area contributed by atoms with Crippen molar-refractivity contribution in [1.82, 2.24) is 0 Å². The van der Waals surface area contributed by atoms with Crippen LogP contribution in [0.15, 0.2) is 273 Å². The second-order valence-electron chi connectivity index (χ2n) is 20.1. The van der Waals surface area contributed by atoms with Crippen molar-refractivity contribution in [3.63, 3.8) is 0 Å². The van der Waals surface area contributed by atoms with Gasteiger partial charge < -0.3 is 4.90 Å². The Morgan fingerprint density at radius 3 is 1.23 bits per heavy atom. The number of hydrogen-bond acceptors (Lipinski definition) is 2. The lowest BCUT2D eigenvalue weighted by atomic mass is 9.68. The number of benzene rings is 11. The van der Waals surface area contributed by atoms with Gasteiger partial charge in [-0.2, -0.15) is 0 Å². The van der Waals surface area contributed by atoms with E-state index in [2.05, 4.69) is 278 Å². The third kappa shape index (κ3) is 5.42. The summed E-state index contributed by atoms with van der Waals surface area (Å²) in [6, 6.07) is 102. The van der Waals surface area contributed by atoms with Crippen LogP contribution in [-0.4, -0.2) is 0 Å². The van der Waals surface area contributed by atoms with Gasteiger partial charge in [0.1, 0.15) is 0 Å². The van der Waals surface area contributed by atoms with E-state index in [1.54, 1.807) is 0 Å². The van der Waals surface area contributed by atoms with Gasteiger partial charge in [0.2, 0.25) is 0 Å². The minimum absolute atomic E-state index is 0.439. The summed E-state index contributed by atoms with van der Waals surface area (Å²) in [6.07, 6.45) is 0. The Kier molecular flexibility index (Phi) is 8.82. The molecule has 0 saturated heterocycles. The first-order valence-electron chi connectivity index (χ1n) is 25.8. The summed E-state index contributed by atoms with van der Waals surface area (Å²) in [6.45, 7) is 0. The Morgan fingerprint density at radius 1 is 0.243 bits per heavy atom. The highest BCUT2D eigenvalue weighted by molar-refractivity contribution is 7.19. The minimum atomic E-state index is -0.562. The molecule has 2 heteroatoms. The van der Waals surface area contributed by atoms with Crippen molar-refractivity contribution in [1.29, 1.82) is 0 Å². The summed E-state index contributed by atoms with van der Waals surface area (Å²) in [5.41, 5.74) is 28.6. The van der Waals surface area contributed by atoms with E-state index in [-0.39, 0.29) is 0 Å². The number of anilines is 3. The van der Waals surface area contributed by atoms with E-state index in [9.17, 15) is 0 Å². The van der Waals surface area contributed by atoms with Crippen LogP contribution in [0, 0.1) is 0 Å². The lowest BCUT2D eigenvalue weighted by molar-refractivity contribution is 0.793. The van der Waals surface area contributed by atoms with E-state index < -0.39 is 10.8 Å². The summed E-state index contributed by atoms with van der Waals surface area (Å²) < 4.78 is 0. The van der Waals surface area contributed by atoms with Crippen LogP contribution in [0.3, 0.4) is 0 Å². The second kappa shape index (κ2) is 15.7. The maximum atomic E-state index is 2.49. The number of fused-ring (bicyclic) bond motifs is 20. The van der Waals surface area contributed by atoms with Gasteiger partial charge in [-0.1, -0.05) is 237 Å². The summed E-state index contributed by atoms with van der Waals surface area (Å²) in [4.78, 5) is 5.09. The average Bonchev–Trinajstić information content (AvgIpc) is 4.25. The molecule has 0 amide bonds. The van der Waals surface area contributed by atoms with Crippen molar-refractivity contribution < 1.29 is 0 Å². The van der Waals surface area contributed by atoms with Crippen molar-refractivity contribution in [3.05, 3.63) is 317 Å². The molecule has 12 aromatic rings. The predicted octanol–water partition coefficient (Wildman–Crippen LogP) is 18.9. The zero-order chi connectivity index (χ0) is 48.5. The Morgan fingerprint density at radius 2 is 0.649 bits per heavy atom. The number of nitrogens with zero attached hydrogens (tertiary/aromatic N) is 1. The highest BCUT2D eigenvalue weighted by atomic mass is 32.1. The molecule has 4 aliphatic carbocycles. The highest BCUT2D eigenvalue weighted by Gasteiger charge is 2.56. The minimum Gasteiger partial charge on any atom is -0.310 e. The molecule has 2 spiro atoms. The van der Waals surface area contributed by atoms with Crippen molar-refractivity contribution in [2.75, 3.05) is 4.90 Å². The van der Waals surface area contributed by atoms with Crippen molar-refractivity contribution in [2.24, 2.45) is 0 Å². The predicted molar refractivity (Wildman–Crippen MR) is 308 cm³/mol. The molecule has 1 atom stereocenters. The number of para-hydroxylation sites is 1. The van der Waals surface area contributed by atoms with Crippen LogP contribution in [0.5, 0.6) is 0 Å².